The van der Waals surface area contributed by atoms with Crippen LogP contribution in [0.2, 0.25) is 0 Å². The van der Waals surface area contributed by atoms with Crippen molar-refractivity contribution < 1.29 is 13.2 Å². The Hall–Kier alpha value is -2.97. The summed E-state index contributed by atoms with van der Waals surface area (Å²) in [7, 11) is 1.66. The molecule has 9 heteroatoms. The van der Waals surface area contributed by atoms with E-state index in [-0.39, 0.29) is 12.0 Å². The first-order chi connectivity index (χ1) is 12.8. The zero-order valence-electron chi connectivity index (χ0n) is 15.0. The van der Waals surface area contributed by atoms with E-state index < -0.39 is 17.7 Å². The first kappa shape index (κ1) is 17.4. The Balaban J connectivity index is 1.87. The second kappa shape index (κ2) is 6.04. The van der Waals surface area contributed by atoms with E-state index in [0.29, 0.717) is 34.3 Å². The van der Waals surface area contributed by atoms with E-state index >= 15 is 0 Å². The average molecular weight is 374 g/mol. The van der Waals surface area contributed by atoms with Gasteiger partial charge in [-0.15, -0.1) is 5.10 Å². The van der Waals surface area contributed by atoms with Crippen LogP contribution in [0.1, 0.15) is 26.0 Å². The van der Waals surface area contributed by atoms with Crippen molar-refractivity contribution in [3.05, 3.63) is 36.0 Å². The lowest BCUT2D eigenvalue weighted by molar-refractivity contribution is 0.121. The minimum Gasteiger partial charge on any atom is -0.356 e. The van der Waals surface area contributed by atoms with Crippen LogP contribution in [0, 0.1) is 5.82 Å². The number of fused-ring (bicyclic) bond motifs is 2. The predicted octanol–water partition coefficient (Wildman–Crippen LogP) is 3.99. The number of halogens is 3. The zero-order valence-corrected chi connectivity index (χ0v) is 15.0. The fourth-order valence-corrected chi connectivity index (χ4v) is 3.42. The summed E-state index contributed by atoms with van der Waals surface area (Å²) in [5.41, 5.74) is 1.56. The lowest BCUT2D eigenvalue weighted by Crippen LogP contribution is -2.31. The lowest BCUT2D eigenvalue weighted by atomic mass is 9.80. The molecule has 0 bridgehead atoms. The molecule has 1 N–H and O–H groups in total. The van der Waals surface area contributed by atoms with Crippen molar-refractivity contribution in [3.63, 3.8) is 0 Å². The van der Waals surface area contributed by atoms with Gasteiger partial charge in [0.2, 0.25) is 12.4 Å². The molecular weight excluding hydrogens is 357 g/mol. The number of nitrogens with one attached hydrogen (secondary N) is 1. The molecular formula is C18H17F3N6. The topological polar surface area (TPSA) is 67.5 Å². The van der Waals surface area contributed by atoms with Gasteiger partial charge in [-0.3, -0.25) is 4.99 Å². The van der Waals surface area contributed by atoms with Crippen molar-refractivity contribution in [1.82, 2.24) is 19.6 Å². The number of hydrogen-bond donors (Lipinski definition) is 1. The highest BCUT2D eigenvalue weighted by Crippen LogP contribution is 2.43. The molecule has 0 aliphatic carbocycles. The largest absolute Gasteiger partial charge is 0.356 e. The second-order valence-electron chi connectivity index (χ2n) is 6.70. The van der Waals surface area contributed by atoms with E-state index in [1.54, 1.807) is 33.0 Å². The molecule has 0 saturated carbocycles. The summed E-state index contributed by atoms with van der Waals surface area (Å²) >= 11 is 0. The predicted molar refractivity (Wildman–Crippen MR) is 96.5 cm³/mol. The third kappa shape index (κ3) is 2.65. The van der Waals surface area contributed by atoms with E-state index in [9.17, 15) is 13.2 Å². The van der Waals surface area contributed by atoms with Crippen molar-refractivity contribution in [3.8, 4) is 11.3 Å². The minimum atomic E-state index is -2.50. The molecule has 1 aliphatic heterocycles. The molecule has 6 nitrogen and oxygen atoms in total. The number of aliphatic imine (C=N–C) groups is 1. The van der Waals surface area contributed by atoms with Gasteiger partial charge in [0, 0.05) is 19.2 Å². The Bertz CT molecular complexity index is 1070. The van der Waals surface area contributed by atoms with Crippen LogP contribution in [0.25, 0.3) is 16.8 Å². The normalized spacial score (nSPS) is 18.9. The molecule has 0 aromatic carbocycles. The van der Waals surface area contributed by atoms with Crippen LogP contribution in [0.15, 0.2) is 29.5 Å². The molecule has 4 heterocycles. The average Bonchev–Trinajstić information content (AvgIpc) is 3.07. The van der Waals surface area contributed by atoms with Crippen LogP contribution < -0.4 is 5.32 Å². The van der Waals surface area contributed by atoms with Gasteiger partial charge in [0.05, 0.1) is 46.0 Å². The Morgan fingerprint density at radius 1 is 1.30 bits per heavy atom. The first-order valence-electron chi connectivity index (χ1n) is 8.41. The molecule has 3 aromatic heterocycles. The third-order valence-corrected chi connectivity index (χ3v) is 5.01. The number of aromatic nitrogens is 4. The van der Waals surface area contributed by atoms with Gasteiger partial charge in [-0.25, -0.2) is 27.7 Å². The van der Waals surface area contributed by atoms with E-state index in [1.165, 1.54) is 16.9 Å². The molecule has 0 amide bonds. The number of anilines is 1. The van der Waals surface area contributed by atoms with Gasteiger partial charge in [0.25, 0.3) is 0 Å². The second-order valence-corrected chi connectivity index (χ2v) is 6.70. The van der Waals surface area contributed by atoms with E-state index in [2.05, 4.69) is 25.4 Å². The van der Waals surface area contributed by atoms with E-state index in [0.717, 1.165) is 0 Å². The van der Waals surface area contributed by atoms with E-state index in [1.807, 2.05) is 0 Å². The zero-order chi connectivity index (χ0) is 19.3. The molecule has 140 valence electrons. The van der Waals surface area contributed by atoms with Crippen molar-refractivity contribution in [2.45, 2.75) is 32.1 Å². The summed E-state index contributed by atoms with van der Waals surface area (Å²) in [6.07, 6.45) is -0.162. The summed E-state index contributed by atoms with van der Waals surface area (Å²) in [4.78, 5) is 13.0. The number of nitrogens with zero attached hydrogens (tertiary/aromatic N) is 5. The summed E-state index contributed by atoms with van der Waals surface area (Å²) < 4.78 is 42.3. The maximum Gasteiger partial charge on any atom is 0.240 e. The van der Waals surface area contributed by atoms with Gasteiger partial charge >= 0.3 is 0 Å². The monoisotopic (exact) mass is 374 g/mol. The molecule has 0 saturated heterocycles. The van der Waals surface area contributed by atoms with Crippen LogP contribution in [0.5, 0.6) is 0 Å². The smallest absolute Gasteiger partial charge is 0.240 e. The molecule has 0 spiro atoms. The van der Waals surface area contributed by atoms with Gasteiger partial charge in [0.15, 0.2) is 5.82 Å². The molecule has 1 aliphatic rings. The van der Waals surface area contributed by atoms with Crippen molar-refractivity contribution in [1.29, 1.82) is 0 Å². The molecule has 3 aromatic rings. The molecule has 1 unspecified atom stereocenters. The lowest BCUT2D eigenvalue weighted by Gasteiger charge is -2.24. The number of rotatable bonds is 4. The minimum absolute atomic E-state index is 0.226. The first-order valence-corrected chi connectivity index (χ1v) is 8.41. The Labute approximate surface area is 153 Å². The SMILES string of the molecule is CNc1ncc2c(-c3ccc4c(n3)C(C)(CC(F)F)C(C)=N4)c(F)cn2n1. The Kier molecular flexibility index (Phi) is 3.90. The number of alkyl halides is 2. The standard InChI is InChI=1S/C18H17F3N6/c1-9-18(2,6-14(20)21)16-12(24-9)5-4-11(25-16)15-10(19)8-27-13(15)7-23-17(22-3)26-27/h4-5,7-8,14H,6H2,1-3H3,(H,22,26). The van der Waals surface area contributed by atoms with Gasteiger partial charge in [-0.1, -0.05) is 0 Å². The molecule has 0 fully saturated rings. The summed E-state index contributed by atoms with van der Waals surface area (Å²) in [6.45, 7) is 3.41. The van der Waals surface area contributed by atoms with Gasteiger partial charge in [-0.2, -0.15) is 0 Å². The Morgan fingerprint density at radius 2 is 2.07 bits per heavy atom. The molecule has 27 heavy (non-hydrogen) atoms. The highest BCUT2D eigenvalue weighted by molar-refractivity contribution is 5.99. The van der Waals surface area contributed by atoms with Gasteiger partial charge in [-0.05, 0) is 26.0 Å². The quantitative estimate of drug-likeness (QED) is 0.750. The fraction of sp³-hybridized carbons (Fsp3) is 0.333. The molecule has 0 radical (unpaired) electrons. The molecule has 1 atom stereocenters. The number of pyridine rings is 1. The highest BCUT2D eigenvalue weighted by Gasteiger charge is 2.41. The van der Waals surface area contributed by atoms with Crippen molar-refractivity contribution in [2.75, 3.05) is 12.4 Å². The number of hydrogen-bond acceptors (Lipinski definition) is 5. The maximum atomic E-state index is 14.7. The molecule has 4 rings (SSSR count). The van der Waals surface area contributed by atoms with Gasteiger partial charge in [0.1, 0.15) is 0 Å². The van der Waals surface area contributed by atoms with Crippen LogP contribution in [-0.4, -0.2) is 38.8 Å². The van der Waals surface area contributed by atoms with E-state index in [4.69, 9.17) is 0 Å². The summed E-state index contributed by atoms with van der Waals surface area (Å²) in [5.74, 6) is -0.171. The third-order valence-electron chi connectivity index (χ3n) is 5.01. The Morgan fingerprint density at radius 3 is 2.78 bits per heavy atom. The fourth-order valence-electron chi connectivity index (χ4n) is 3.42. The van der Waals surface area contributed by atoms with Crippen LogP contribution in [0.3, 0.4) is 0 Å². The van der Waals surface area contributed by atoms with Crippen LogP contribution in [-0.2, 0) is 5.41 Å². The maximum absolute atomic E-state index is 14.7. The van der Waals surface area contributed by atoms with Crippen molar-refractivity contribution in [2.24, 2.45) is 4.99 Å². The van der Waals surface area contributed by atoms with Crippen LogP contribution >= 0.6 is 0 Å². The van der Waals surface area contributed by atoms with Crippen molar-refractivity contribution >= 4 is 22.9 Å². The van der Waals surface area contributed by atoms with Crippen LogP contribution in [0.4, 0.5) is 24.8 Å². The highest BCUT2D eigenvalue weighted by atomic mass is 19.3. The van der Waals surface area contributed by atoms with Gasteiger partial charge < -0.3 is 5.32 Å². The summed E-state index contributed by atoms with van der Waals surface area (Å²) in [6, 6.07) is 3.32. The summed E-state index contributed by atoms with van der Waals surface area (Å²) in [5, 5.41) is 6.95.